The Balaban J connectivity index is 2.05. The number of carbonyl (C=O) groups is 2. The van der Waals surface area contributed by atoms with Crippen molar-refractivity contribution in [3.05, 3.63) is 65.6 Å². The summed E-state index contributed by atoms with van der Waals surface area (Å²) < 4.78 is 18.7. The molecule has 0 saturated heterocycles. The predicted molar refractivity (Wildman–Crippen MR) is 101 cm³/mol. The molecule has 2 amide bonds. The van der Waals surface area contributed by atoms with Crippen molar-refractivity contribution in [1.82, 2.24) is 4.90 Å². The number of nitrogens with zero attached hydrogens (tertiary/aromatic N) is 1. The van der Waals surface area contributed by atoms with Crippen LogP contribution in [0.25, 0.3) is 5.57 Å². The number of nitrogens with one attached hydrogen (secondary N) is 1. The van der Waals surface area contributed by atoms with Gasteiger partial charge in [0.2, 0.25) is 0 Å². The molecule has 140 valence electrons. The lowest BCUT2D eigenvalue weighted by Crippen LogP contribution is -2.35. The molecule has 0 aliphatic carbocycles. The molecule has 0 bridgehead atoms. The second kappa shape index (κ2) is 7.61. The molecule has 0 aromatic heterocycles. The summed E-state index contributed by atoms with van der Waals surface area (Å²) in [7, 11) is 1.56. The van der Waals surface area contributed by atoms with E-state index in [9.17, 15) is 14.0 Å². The van der Waals surface area contributed by atoms with Gasteiger partial charge < -0.3 is 10.1 Å². The topological polar surface area (TPSA) is 58.6 Å². The Morgan fingerprint density at radius 3 is 2.37 bits per heavy atom. The number of ether oxygens (including phenoxy) is 1. The van der Waals surface area contributed by atoms with E-state index in [-0.39, 0.29) is 23.1 Å². The van der Waals surface area contributed by atoms with Gasteiger partial charge in [0.25, 0.3) is 11.8 Å². The van der Waals surface area contributed by atoms with E-state index in [0.29, 0.717) is 23.5 Å². The van der Waals surface area contributed by atoms with Crippen LogP contribution in [0.2, 0.25) is 0 Å². The first-order chi connectivity index (χ1) is 12.9. The fourth-order valence-corrected chi connectivity index (χ4v) is 2.96. The predicted octanol–water partition coefficient (Wildman–Crippen LogP) is 3.68. The lowest BCUT2D eigenvalue weighted by molar-refractivity contribution is -0.137. The Kier molecular flexibility index (Phi) is 5.26. The number of methoxy groups -OCH3 is 1. The Morgan fingerprint density at radius 2 is 1.78 bits per heavy atom. The smallest absolute Gasteiger partial charge is 0.278 e. The highest BCUT2D eigenvalue weighted by molar-refractivity contribution is 6.36. The fraction of sp³-hybridized carbons (Fsp3) is 0.238. The normalized spacial score (nSPS) is 14.3. The standard InChI is InChI=1S/C21H21FN2O3/c1-13(2)12-24-20(25)18(14-7-9-17(27-3)10-8-14)19(21(24)26)23-16-6-4-5-15(22)11-16/h4-11,13,23H,12H2,1-3H3. The van der Waals surface area contributed by atoms with Gasteiger partial charge >= 0.3 is 0 Å². The van der Waals surface area contributed by atoms with Crippen molar-refractivity contribution in [2.45, 2.75) is 13.8 Å². The fourth-order valence-electron chi connectivity index (χ4n) is 2.96. The van der Waals surface area contributed by atoms with Crippen LogP contribution in [0.4, 0.5) is 10.1 Å². The van der Waals surface area contributed by atoms with Crippen molar-refractivity contribution >= 4 is 23.1 Å². The third-order valence-electron chi connectivity index (χ3n) is 4.19. The number of benzene rings is 2. The van der Waals surface area contributed by atoms with Crippen LogP contribution >= 0.6 is 0 Å². The maximum atomic E-state index is 13.5. The highest BCUT2D eigenvalue weighted by Gasteiger charge is 2.39. The molecule has 5 nitrogen and oxygen atoms in total. The van der Waals surface area contributed by atoms with Crippen molar-refractivity contribution in [1.29, 1.82) is 0 Å². The molecule has 27 heavy (non-hydrogen) atoms. The zero-order valence-corrected chi connectivity index (χ0v) is 15.5. The quantitative estimate of drug-likeness (QED) is 0.790. The highest BCUT2D eigenvalue weighted by Crippen LogP contribution is 2.32. The van der Waals surface area contributed by atoms with E-state index in [0.717, 1.165) is 0 Å². The van der Waals surface area contributed by atoms with E-state index in [2.05, 4.69) is 5.32 Å². The number of anilines is 1. The molecule has 0 saturated carbocycles. The second-order valence-corrected chi connectivity index (χ2v) is 6.73. The van der Waals surface area contributed by atoms with Crippen LogP contribution in [0.1, 0.15) is 19.4 Å². The molecule has 0 fully saturated rings. The number of rotatable bonds is 6. The Hall–Kier alpha value is -3.15. The molecule has 2 aromatic carbocycles. The van der Waals surface area contributed by atoms with Crippen molar-refractivity contribution in [3.8, 4) is 5.75 Å². The first kappa shape index (κ1) is 18.6. The molecular formula is C21H21FN2O3. The van der Waals surface area contributed by atoms with Crippen molar-refractivity contribution in [2.24, 2.45) is 5.92 Å². The molecule has 1 N–H and O–H groups in total. The number of carbonyl (C=O) groups excluding carboxylic acids is 2. The van der Waals surface area contributed by atoms with Gasteiger partial charge in [-0.1, -0.05) is 32.0 Å². The third kappa shape index (κ3) is 3.84. The molecule has 3 rings (SSSR count). The lowest BCUT2D eigenvalue weighted by Gasteiger charge is -2.17. The van der Waals surface area contributed by atoms with Gasteiger partial charge in [-0.05, 0) is 41.8 Å². The van der Waals surface area contributed by atoms with E-state index in [1.165, 1.54) is 17.0 Å². The lowest BCUT2D eigenvalue weighted by atomic mass is 10.0. The number of halogens is 1. The highest BCUT2D eigenvalue weighted by atomic mass is 19.1. The first-order valence-electron chi connectivity index (χ1n) is 8.68. The summed E-state index contributed by atoms with van der Waals surface area (Å²) in [6, 6.07) is 12.7. The molecule has 0 radical (unpaired) electrons. The Labute approximate surface area is 157 Å². The van der Waals surface area contributed by atoms with Gasteiger partial charge in [0.15, 0.2) is 0 Å². The molecule has 6 heteroatoms. The number of imide groups is 1. The van der Waals surface area contributed by atoms with Crippen molar-refractivity contribution < 1.29 is 18.7 Å². The van der Waals surface area contributed by atoms with Gasteiger partial charge in [0, 0.05) is 12.2 Å². The van der Waals surface area contributed by atoms with Gasteiger partial charge in [0.05, 0.1) is 12.7 Å². The average molecular weight is 368 g/mol. The van der Waals surface area contributed by atoms with Crippen LogP contribution in [0.15, 0.2) is 54.2 Å². The van der Waals surface area contributed by atoms with Crippen LogP contribution in [0.3, 0.4) is 0 Å². The SMILES string of the molecule is COc1ccc(C2=C(Nc3cccc(F)c3)C(=O)N(CC(C)C)C2=O)cc1. The summed E-state index contributed by atoms with van der Waals surface area (Å²) in [6.45, 7) is 4.18. The number of hydrogen-bond acceptors (Lipinski definition) is 4. The minimum Gasteiger partial charge on any atom is -0.497 e. The van der Waals surface area contributed by atoms with Gasteiger partial charge in [-0.15, -0.1) is 0 Å². The van der Waals surface area contributed by atoms with Crippen LogP contribution in [-0.2, 0) is 9.59 Å². The van der Waals surface area contributed by atoms with E-state index in [1.807, 2.05) is 13.8 Å². The van der Waals surface area contributed by atoms with Crippen LogP contribution in [-0.4, -0.2) is 30.4 Å². The summed E-state index contributed by atoms with van der Waals surface area (Å²) in [5.41, 5.74) is 1.42. The minimum atomic E-state index is -0.428. The van der Waals surface area contributed by atoms with E-state index in [1.54, 1.807) is 43.5 Å². The minimum absolute atomic E-state index is 0.128. The average Bonchev–Trinajstić information content (AvgIpc) is 2.86. The molecule has 2 aromatic rings. The van der Waals surface area contributed by atoms with E-state index >= 15 is 0 Å². The largest absolute Gasteiger partial charge is 0.497 e. The van der Waals surface area contributed by atoms with E-state index in [4.69, 9.17) is 4.74 Å². The van der Waals surface area contributed by atoms with E-state index < -0.39 is 11.7 Å². The maximum absolute atomic E-state index is 13.5. The molecule has 0 spiro atoms. The van der Waals surface area contributed by atoms with Crippen molar-refractivity contribution in [2.75, 3.05) is 19.0 Å². The summed E-state index contributed by atoms with van der Waals surface area (Å²) in [4.78, 5) is 27.1. The van der Waals surface area contributed by atoms with Gasteiger partial charge in [-0.25, -0.2) is 4.39 Å². The zero-order valence-electron chi connectivity index (χ0n) is 15.5. The second-order valence-electron chi connectivity index (χ2n) is 6.73. The molecule has 0 unspecified atom stereocenters. The number of amides is 2. The maximum Gasteiger partial charge on any atom is 0.278 e. The molecule has 0 atom stereocenters. The van der Waals surface area contributed by atoms with Gasteiger partial charge in [0.1, 0.15) is 17.3 Å². The van der Waals surface area contributed by atoms with Crippen LogP contribution in [0.5, 0.6) is 5.75 Å². The summed E-state index contributed by atoms with van der Waals surface area (Å²) in [6.07, 6.45) is 0. The first-order valence-corrected chi connectivity index (χ1v) is 8.68. The summed E-state index contributed by atoms with van der Waals surface area (Å²) >= 11 is 0. The zero-order chi connectivity index (χ0) is 19.6. The number of hydrogen-bond donors (Lipinski definition) is 1. The Bertz CT molecular complexity index is 904. The summed E-state index contributed by atoms with van der Waals surface area (Å²) in [5, 5.41) is 2.94. The molecular weight excluding hydrogens is 347 g/mol. The molecule has 1 heterocycles. The van der Waals surface area contributed by atoms with Crippen LogP contribution < -0.4 is 10.1 Å². The van der Waals surface area contributed by atoms with Gasteiger partial charge in [-0.2, -0.15) is 0 Å². The Morgan fingerprint density at radius 1 is 1.07 bits per heavy atom. The molecule has 1 aliphatic heterocycles. The third-order valence-corrected chi connectivity index (χ3v) is 4.19. The van der Waals surface area contributed by atoms with Gasteiger partial charge in [-0.3, -0.25) is 14.5 Å². The van der Waals surface area contributed by atoms with Crippen LogP contribution in [0, 0.1) is 11.7 Å². The van der Waals surface area contributed by atoms with Crippen molar-refractivity contribution in [3.63, 3.8) is 0 Å². The monoisotopic (exact) mass is 368 g/mol. The molecule has 1 aliphatic rings. The summed E-state index contributed by atoms with van der Waals surface area (Å²) in [5.74, 6) is -0.428.